The summed E-state index contributed by atoms with van der Waals surface area (Å²) < 4.78 is 16.0. The summed E-state index contributed by atoms with van der Waals surface area (Å²) in [5.74, 6) is 0.195. The van der Waals surface area contributed by atoms with Gasteiger partial charge in [0.25, 0.3) is 0 Å². The molecule has 126 valence electrons. The van der Waals surface area contributed by atoms with Crippen LogP contribution in [-0.4, -0.2) is 45.4 Å². The largest absolute Gasteiger partial charge is 0.382 e. The first-order valence-corrected chi connectivity index (χ1v) is 8.04. The van der Waals surface area contributed by atoms with Crippen LogP contribution in [0, 0.1) is 0 Å². The van der Waals surface area contributed by atoms with Gasteiger partial charge in [-0.15, -0.1) is 0 Å². The molecule has 1 N–H and O–H groups in total. The lowest BCUT2D eigenvalue weighted by atomic mass is 9.88. The zero-order chi connectivity index (χ0) is 16.2. The molecule has 0 heterocycles. The van der Waals surface area contributed by atoms with Gasteiger partial charge >= 0.3 is 0 Å². The summed E-state index contributed by atoms with van der Waals surface area (Å²) in [7, 11) is 3.39. The summed E-state index contributed by atoms with van der Waals surface area (Å²) in [4.78, 5) is 0. The molecular weight excluding hydrogens is 280 g/mol. The predicted molar refractivity (Wildman–Crippen MR) is 88.1 cm³/mol. The molecule has 0 aromatic heterocycles. The number of aliphatic hydroxyl groups is 1. The fourth-order valence-electron chi connectivity index (χ4n) is 2.74. The van der Waals surface area contributed by atoms with E-state index in [1.807, 2.05) is 0 Å². The molecule has 1 aromatic rings. The topological polar surface area (TPSA) is 47.9 Å². The van der Waals surface area contributed by atoms with Crippen LogP contribution in [0.5, 0.6) is 0 Å². The Kier molecular flexibility index (Phi) is 10.1. The Labute approximate surface area is 134 Å². The van der Waals surface area contributed by atoms with Crippen molar-refractivity contribution in [2.45, 2.75) is 44.6 Å². The average molecular weight is 310 g/mol. The summed E-state index contributed by atoms with van der Waals surface area (Å²) in [5.41, 5.74) is 2.66. The van der Waals surface area contributed by atoms with Gasteiger partial charge in [0, 0.05) is 20.1 Å². The number of hydrogen-bond acceptors (Lipinski definition) is 4. The Hall–Kier alpha value is -0.940. The Morgan fingerprint density at radius 3 is 2.55 bits per heavy atom. The van der Waals surface area contributed by atoms with E-state index in [9.17, 15) is 0 Å². The lowest BCUT2D eigenvalue weighted by molar-refractivity contribution is -0.0233. The van der Waals surface area contributed by atoms with E-state index in [4.69, 9.17) is 19.3 Å². The molecule has 4 nitrogen and oxygen atoms in total. The first-order chi connectivity index (χ1) is 10.8. The third kappa shape index (κ3) is 6.44. The Balaban J connectivity index is 2.89. The molecule has 0 radical (unpaired) electrons. The first-order valence-electron chi connectivity index (χ1n) is 8.04. The van der Waals surface area contributed by atoms with Crippen LogP contribution in [0.15, 0.2) is 24.3 Å². The fourth-order valence-corrected chi connectivity index (χ4v) is 2.74. The van der Waals surface area contributed by atoms with Gasteiger partial charge in [0.15, 0.2) is 0 Å². The SMILES string of the molecule is CCCCc1ccccc1C(COCO)CC(COC)OC. The van der Waals surface area contributed by atoms with Crippen LogP contribution in [0.4, 0.5) is 0 Å². The quantitative estimate of drug-likeness (QED) is 0.603. The highest BCUT2D eigenvalue weighted by Gasteiger charge is 2.20. The minimum atomic E-state index is -0.254. The van der Waals surface area contributed by atoms with Gasteiger partial charge in [0.05, 0.1) is 19.3 Å². The number of methoxy groups -OCH3 is 2. The maximum absolute atomic E-state index is 8.99. The molecule has 0 amide bonds. The summed E-state index contributed by atoms with van der Waals surface area (Å²) in [6.07, 6.45) is 4.27. The maximum atomic E-state index is 8.99. The monoisotopic (exact) mass is 310 g/mol. The van der Waals surface area contributed by atoms with Gasteiger partial charge < -0.3 is 19.3 Å². The summed E-state index contributed by atoms with van der Waals surface area (Å²) >= 11 is 0. The van der Waals surface area contributed by atoms with Crippen molar-refractivity contribution >= 4 is 0 Å². The van der Waals surface area contributed by atoms with Crippen LogP contribution in [0.1, 0.15) is 43.2 Å². The molecule has 0 aliphatic heterocycles. The molecule has 4 heteroatoms. The zero-order valence-electron chi connectivity index (χ0n) is 14.1. The molecule has 0 spiro atoms. The fraction of sp³-hybridized carbons (Fsp3) is 0.667. The normalized spacial score (nSPS) is 14.0. The summed E-state index contributed by atoms with van der Waals surface area (Å²) in [6.45, 7) is 3.00. The lowest BCUT2D eigenvalue weighted by Crippen LogP contribution is -2.23. The van der Waals surface area contributed by atoms with E-state index in [-0.39, 0.29) is 18.8 Å². The Bertz CT molecular complexity index is 394. The molecule has 1 aromatic carbocycles. The van der Waals surface area contributed by atoms with Crippen molar-refractivity contribution in [2.75, 3.05) is 34.2 Å². The first kappa shape index (κ1) is 19.1. The van der Waals surface area contributed by atoms with Gasteiger partial charge in [-0.05, 0) is 30.4 Å². The van der Waals surface area contributed by atoms with Crippen molar-refractivity contribution in [1.29, 1.82) is 0 Å². The van der Waals surface area contributed by atoms with Crippen molar-refractivity contribution in [3.05, 3.63) is 35.4 Å². The second-order valence-corrected chi connectivity index (χ2v) is 5.55. The summed E-state index contributed by atoms with van der Waals surface area (Å²) in [5, 5.41) is 8.99. The van der Waals surface area contributed by atoms with Gasteiger partial charge in [-0.2, -0.15) is 0 Å². The molecule has 22 heavy (non-hydrogen) atoms. The van der Waals surface area contributed by atoms with Crippen LogP contribution in [0.25, 0.3) is 0 Å². The van der Waals surface area contributed by atoms with Crippen molar-refractivity contribution in [3.8, 4) is 0 Å². The average Bonchev–Trinajstić information content (AvgIpc) is 2.56. The smallest absolute Gasteiger partial charge is 0.143 e. The van der Waals surface area contributed by atoms with Crippen molar-refractivity contribution in [1.82, 2.24) is 0 Å². The third-order valence-electron chi connectivity index (χ3n) is 3.94. The third-order valence-corrected chi connectivity index (χ3v) is 3.94. The van der Waals surface area contributed by atoms with Crippen LogP contribution < -0.4 is 0 Å². The molecule has 1 rings (SSSR count). The van der Waals surface area contributed by atoms with Gasteiger partial charge in [0.1, 0.15) is 6.79 Å². The standard InChI is InChI=1S/C18H30O4/c1-4-5-8-15-9-6-7-10-18(15)16(12-22-14-19)11-17(21-3)13-20-2/h6-7,9-10,16-17,19H,4-5,8,11-14H2,1-3H3. The van der Waals surface area contributed by atoms with E-state index in [1.165, 1.54) is 24.0 Å². The van der Waals surface area contributed by atoms with Crippen molar-refractivity contribution in [2.24, 2.45) is 0 Å². The number of hydrogen-bond donors (Lipinski definition) is 1. The molecular formula is C18H30O4. The van der Waals surface area contributed by atoms with Crippen LogP contribution in [-0.2, 0) is 20.6 Å². The molecule has 0 saturated carbocycles. The second kappa shape index (κ2) is 11.6. The summed E-state index contributed by atoms with van der Waals surface area (Å²) in [6, 6.07) is 8.50. The second-order valence-electron chi connectivity index (χ2n) is 5.55. The number of ether oxygens (including phenoxy) is 3. The molecule has 0 aliphatic rings. The highest BCUT2D eigenvalue weighted by atomic mass is 16.6. The molecule has 0 saturated heterocycles. The van der Waals surface area contributed by atoms with E-state index in [0.717, 1.165) is 12.8 Å². The Morgan fingerprint density at radius 2 is 1.91 bits per heavy atom. The number of unbranched alkanes of at least 4 members (excludes halogenated alkanes) is 1. The Morgan fingerprint density at radius 1 is 1.14 bits per heavy atom. The van der Waals surface area contributed by atoms with Crippen LogP contribution in [0.3, 0.4) is 0 Å². The maximum Gasteiger partial charge on any atom is 0.143 e. The lowest BCUT2D eigenvalue weighted by Gasteiger charge is -2.24. The van der Waals surface area contributed by atoms with Gasteiger partial charge in [-0.1, -0.05) is 37.6 Å². The predicted octanol–water partition coefficient (Wildman–Crippen LogP) is 3.13. The highest BCUT2D eigenvalue weighted by molar-refractivity contribution is 5.31. The molecule has 0 bridgehead atoms. The van der Waals surface area contributed by atoms with E-state index < -0.39 is 0 Å². The van der Waals surface area contributed by atoms with E-state index in [1.54, 1.807) is 14.2 Å². The minimum Gasteiger partial charge on any atom is -0.382 e. The number of aliphatic hydroxyl groups excluding tert-OH is 1. The van der Waals surface area contributed by atoms with E-state index >= 15 is 0 Å². The van der Waals surface area contributed by atoms with Gasteiger partial charge in [0.2, 0.25) is 0 Å². The van der Waals surface area contributed by atoms with Crippen molar-refractivity contribution in [3.63, 3.8) is 0 Å². The molecule has 2 unspecified atom stereocenters. The van der Waals surface area contributed by atoms with Crippen molar-refractivity contribution < 1.29 is 19.3 Å². The van der Waals surface area contributed by atoms with Gasteiger partial charge in [-0.3, -0.25) is 0 Å². The highest BCUT2D eigenvalue weighted by Crippen LogP contribution is 2.27. The minimum absolute atomic E-state index is 0.0246. The zero-order valence-corrected chi connectivity index (χ0v) is 14.1. The molecule has 2 atom stereocenters. The van der Waals surface area contributed by atoms with Crippen LogP contribution in [0.2, 0.25) is 0 Å². The number of benzene rings is 1. The van der Waals surface area contributed by atoms with E-state index in [0.29, 0.717) is 13.2 Å². The number of aryl methyl sites for hydroxylation is 1. The van der Waals surface area contributed by atoms with Crippen LogP contribution >= 0.6 is 0 Å². The molecule has 0 fully saturated rings. The molecule has 0 aliphatic carbocycles. The number of rotatable bonds is 12. The van der Waals surface area contributed by atoms with Gasteiger partial charge in [-0.25, -0.2) is 0 Å². The van der Waals surface area contributed by atoms with E-state index in [2.05, 4.69) is 31.2 Å².